The number of Topliss-reactive ketones (excluding diaryl/α,β-unsaturated/α-hetero) is 1. The number of aromatic nitrogens is 3. The minimum atomic E-state index is -4.61. The molecule has 186 valence electrons. The summed E-state index contributed by atoms with van der Waals surface area (Å²) < 4.78 is 47.8. The van der Waals surface area contributed by atoms with Crippen LogP contribution in [0.1, 0.15) is 29.3 Å². The van der Waals surface area contributed by atoms with Crippen molar-refractivity contribution < 1.29 is 37.4 Å². The van der Waals surface area contributed by atoms with Gasteiger partial charge in [-0.3, -0.25) is 9.59 Å². The van der Waals surface area contributed by atoms with Gasteiger partial charge in [-0.1, -0.05) is 36.9 Å². The van der Waals surface area contributed by atoms with E-state index >= 15 is 0 Å². The SMILES string of the molecule is CCc1c(CC(=O)C(N)=O)c2c(OCC(=O)O)nc(SC)nc2n1Cc1ccccc1C(F)(F)F. The van der Waals surface area contributed by atoms with E-state index in [0.29, 0.717) is 5.69 Å². The normalized spacial score (nSPS) is 11.6. The molecule has 0 aliphatic carbocycles. The van der Waals surface area contributed by atoms with Crippen LogP contribution in [0, 0.1) is 0 Å². The number of benzene rings is 1. The lowest BCUT2D eigenvalue weighted by molar-refractivity contribution is -0.139. The van der Waals surface area contributed by atoms with Gasteiger partial charge in [-0.15, -0.1) is 0 Å². The van der Waals surface area contributed by atoms with E-state index in [4.69, 9.17) is 15.6 Å². The second-order valence-corrected chi connectivity index (χ2v) is 8.15. The number of fused-ring (bicyclic) bond motifs is 1. The number of hydrogen-bond donors (Lipinski definition) is 2. The molecule has 0 spiro atoms. The van der Waals surface area contributed by atoms with Gasteiger partial charge in [-0.05, 0) is 29.9 Å². The van der Waals surface area contributed by atoms with E-state index in [2.05, 4.69) is 9.97 Å². The van der Waals surface area contributed by atoms with Crippen LogP contribution in [0.2, 0.25) is 0 Å². The van der Waals surface area contributed by atoms with Crippen LogP contribution >= 0.6 is 11.8 Å². The number of nitrogens with two attached hydrogens (primary N) is 1. The molecule has 0 saturated carbocycles. The summed E-state index contributed by atoms with van der Waals surface area (Å²) >= 11 is 1.11. The Morgan fingerprint density at radius 2 is 1.89 bits per heavy atom. The molecule has 13 heteroatoms. The van der Waals surface area contributed by atoms with Crippen molar-refractivity contribution in [2.24, 2.45) is 5.73 Å². The Kier molecular flexibility index (Phi) is 7.68. The van der Waals surface area contributed by atoms with E-state index in [0.717, 1.165) is 17.8 Å². The standard InChI is InChI=1S/C22H21F3N4O5S/c1-3-14-12(8-15(30)18(26)33)17-19(27-21(35-2)28-20(17)34-10-16(31)32)29(14)9-11-6-4-5-7-13(11)22(23,24)25/h4-7H,3,8-10H2,1-2H3,(H2,26,33)(H,31,32). The van der Waals surface area contributed by atoms with Crippen molar-refractivity contribution >= 4 is 40.5 Å². The highest BCUT2D eigenvalue weighted by Gasteiger charge is 2.34. The molecular formula is C22H21F3N4O5S. The minimum absolute atomic E-state index is 0.0447. The Hall–Kier alpha value is -3.61. The van der Waals surface area contributed by atoms with Gasteiger partial charge in [-0.25, -0.2) is 9.78 Å². The molecule has 2 heterocycles. The summed E-state index contributed by atoms with van der Waals surface area (Å²) in [6.45, 7) is 0.704. The molecule has 35 heavy (non-hydrogen) atoms. The maximum atomic E-state index is 13.7. The summed E-state index contributed by atoms with van der Waals surface area (Å²) in [4.78, 5) is 43.5. The highest BCUT2D eigenvalue weighted by Crippen LogP contribution is 2.37. The number of halogens is 3. The van der Waals surface area contributed by atoms with Gasteiger partial charge in [-0.2, -0.15) is 18.2 Å². The van der Waals surface area contributed by atoms with E-state index in [1.807, 2.05) is 0 Å². The number of carbonyl (C=O) groups is 3. The average Bonchev–Trinajstić information content (AvgIpc) is 3.08. The number of hydrogen-bond acceptors (Lipinski definition) is 7. The second kappa shape index (κ2) is 10.3. The number of alkyl halides is 3. The van der Waals surface area contributed by atoms with Crippen molar-refractivity contribution in [3.63, 3.8) is 0 Å². The zero-order chi connectivity index (χ0) is 25.9. The van der Waals surface area contributed by atoms with Crippen LogP contribution in [0.25, 0.3) is 11.0 Å². The molecule has 3 rings (SSSR count). The minimum Gasteiger partial charge on any atom is -0.479 e. The molecule has 0 aliphatic rings. The fourth-order valence-corrected chi connectivity index (χ4v) is 4.10. The van der Waals surface area contributed by atoms with Crippen LogP contribution in [-0.2, 0) is 39.9 Å². The summed E-state index contributed by atoms with van der Waals surface area (Å²) in [5.74, 6) is -3.57. The van der Waals surface area contributed by atoms with E-state index in [1.165, 1.54) is 22.8 Å². The highest BCUT2D eigenvalue weighted by atomic mass is 32.2. The predicted octanol–water partition coefficient (Wildman–Crippen LogP) is 2.84. The summed E-state index contributed by atoms with van der Waals surface area (Å²) in [6.07, 6.45) is -3.17. The van der Waals surface area contributed by atoms with Crippen LogP contribution in [0.4, 0.5) is 13.2 Å². The van der Waals surface area contributed by atoms with E-state index < -0.39 is 42.4 Å². The first-order valence-electron chi connectivity index (χ1n) is 10.3. The number of aliphatic carboxylic acids is 1. The van der Waals surface area contributed by atoms with Crippen LogP contribution in [0.15, 0.2) is 29.4 Å². The number of carbonyl (C=O) groups excluding carboxylic acids is 2. The number of carboxylic acids is 1. The zero-order valence-electron chi connectivity index (χ0n) is 18.7. The molecule has 0 saturated heterocycles. The van der Waals surface area contributed by atoms with Crippen molar-refractivity contribution in [1.82, 2.24) is 14.5 Å². The highest BCUT2D eigenvalue weighted by molar-refractivity contribution is 7.98. The number of nitrogens with zero attached hydrogens (tertiary/aromatic N) is 3. The number of amides is 1. The molecule has 3 N–H and O–H groups in total. The molecule has 0 unspecified atom stereocenters. The van der Waals surface area contributed by atoms with Crippen molar-refractivity contribution in [1.29, 1.82) is 0 Å². The third kappa shape index (κ3) is 5.56. The Bertz CT molecular complexity index is 1310. The monoisotopic (exact) mass is 510 g/mol. The maximum absolute atomic E-state index is 13.7. The molecule has 0 bridgehead atoms. The molecule has 0 aliphatic heterocycles. The lowest BCUT2D eigenvalue weighted by Crippen LogP contribution is -2.25. The molecule has 0 radical (unpaired) electrons. The van der Waals surface area contributed by atoms with Gasteiger partial charge in [0.05, 0.1) is 10.9 Å². The fraction of sp³-hybridized carbons (Fsp3) is 0.318. The lowest BCUT2D eigenvalue weighted by atomic mass is 10.0. The van der Waals surface area contributed by atoms with E-state index in [-0.39, 0.29) is 46.2 Å². The number of thioether (sulfide) groups is 1. The number of rotatable bonds is 10. The van der Waals surface area contributed by atoms with E-state index in [1.54, 1.807) is 13.2 Å². The third-order valence-electron chi connectivity index (χ3n) is 5.18. The first kappa shape index (κ1) is 26.0. The number of ketones is 1. The molecule has 9 nitrogen and oxygen atoms in total. The first-order valence-corrected chi connectivity index (χ1v) is 11.5. The fourth-order valence-electron chi connectivity index (χ4n) is 3.75. The Morgan fingerprint density at radius 3 is 2.46 bits per heavy atom. The van der Waals surface area contributed by atoms with Gasteiger partial charge in [0.2, 0.25) is 11.7 Å². The summed E-state index contributed by atoms with van der Waals surface area (Å²) in [7, 11) is 0. The van der Waals surface area contributed by atoms with Gasteiger partial charge in [0.25, 0.3) is 5.91 Å². The molecule has 2 aromatic heterocycles. The van der Waals surface area contributed by atoms with Crippen LogP contribution in [0.3, 0.4) is 0 Å². The van der Waals surface area contributed by atoms with Crippen LogP contribution < -0.4 is 10.5 Å². The number of carboxylic acid groups (broad SMARTS) is 1. The molecule has 0 fully saturated rings. The maximum Gasteiger partial charge on any atom is 0.416 e. The Morgan fingerprint density at radius 1 is 1.20 bits per heavy atom. The topological polar surface area (TPSA) is 137 Å². The van der Waals surface area contributed by atoms with E-state index in [9.17, 15) is 27.6 Å². The second-order valence-electron chi connectivity index (χ2n) is 7.38. The van der Waals surface area contributed by atoms with Gasteiger partial charge < -0.3 is 20.1 Å². The summed E-state index contributed by atoms with van der Waals surface area (Å²) in [5, 5.41) is 9.38. The largest absolute Gasteiger partial charge is 0.479 e. The average molecular weight is 510 g/mol. The Labute approximate surface area is 201 Å². The lowest BCUT2D eigenvalue weighted by Gasteiger charge is -2.16. The van der Waals surface area contributed by atoms with Crippen molar-refractivity contribution in [2.45, 2.75) is 37.6 Å². The van der Waals surface area contributed by atoms with Crippen molar-refractivity contribution in [2.75, 3.05) is 12.9 Å². The molecular weight excluding hydrogens is 489 g/mol. The predicted molar refractivity (Wildman–Crippen MR) is 120 cm³/mol. The van der Waals surface area contributed by atoms with Gasteiger partial charge in [0.15, 0.2) is 11.8 Å². The van der Waals surface area contributed by atoms with Gasteiger partial charge in [0, 0.05) is 18.7 Å². The van der Waals surface area contributed by atoms with Gasteiger partial charge >= 0.3 is 12.1 Å². The van der Waals surface area contributed by atoms with Crippen molar-refractivity contribution in [3.8, 4) is 5.88 Å². The number of primary amides is 1. The van der Waals surface area contributed by atoms with Crippen molar-refractivity contribution in [3.05, 3.63) is 46.6 Å². The van der Waals surface area contributed by atoms with Crippen LogP contribution in [0.5, 0.6) is 5.88 Å². The third-order valence-corrected chi connectivity index (χ3v) is 5.73. The first-order chi connectivity index (χ1) is 16.5. The smallest absolute Gasteiger partial charge is 0.416 e. The molecule has 1 amide bonds. The number of ether oxygens (including phenoxy) is 1. The van der Waals surface area contributed by atoms with Crippen LogP contribution in [-0.4, -0.2) is 50.2 Å². The summed E-state index contributed by atoms with van der Waals surface area (Å²) in [5.41, 5.74) is 5.06. The zero-order valence-corrected chi connectivity index (χ0v) is 19.5. The summed E-state index contributed by atoms with van der Waals surface area (Å²) in [6, 6.07) is 5.06. The molecule has 0 atom stereocenters. The van der Waals surface area contributed by atoms with Gasteiger partial charge in [0.1, 0.15) is 5.65 Å². The molecule has 3 aromatic rings. The molecule has 1 aromatic carbocycles. The quantitative estimate of drug-likeness (QED) is 0.241. The Balaban J connectivity index is 2.34.